The van der Waals surface area contributed by atoms with Crippen molar-refractivity contribution in [1.29, 1.82) is 0 Å². The minimum atomic E-state index is 0.0276. The number of aliphatic hydroxyl groups is 1. The lowest BCUT2D eigenvalue weighted by atomic mass is 10.1. The molecule has 2 N–H and O–H groups in total. The number of aryl methyl sites for hydroxylation is 1. The van der Waals surface area contributed by atoms with Crippen LogP contribution in [0.3, 0.4) is 0 Å². The van der Waals surface area contributed by atoms with Gasteiger partial charge in [0.2, 0.25) is 0 Å². The highest BCUT2D eigenvalue weighted by atomic mass is 16.5. The van der Waals surface area contributed by atoms with E-state index in [1.807, 2.05) is 6.92 Å². The second-order valence-corrected chi connectivity index (χ2v) is 2.92. The SMILES string of the molecule is COc1cc(CCO)c(O)cc1C. The molecule has 0 aliphatic rings. The maximum absolute atomic E-state index is 9.48. The monoisotopic (exact) mass is 182 g/mol. The highest BCUT2D eigenvalue weighted by molar-refractivity contribution is 5.45. The van der Waals surface area contributed by atoms with Gasteiger partial charge in [-0.3, -0.25) is 0 Å². The third-order valence-electron chi connectivity index (χ3n) is 1.98. The van der Waals surface area contributed by atoms with Crippen molar-refractivity contribution in [2.24, 2.45) is 0 Å². The Morgan fingerprint density at radius 1 is 1.38 bits per heavy atom. The van der Waals surface area contributed by atoms with Gasteiger partial charge in [0.05, 0.1) is 7.11 Å². The molecule has 0 atom stereocenters. The molecule has 0 aliphatic heterocycles. The van der Waals surface area contributed by atoms with Gasteiger partial charge in [-0.1, -0.05) is 0 Å². The van der Waals surface area contributed by atoms with Crippen molar-refractivity contribution in [1.82, 2.24) is 0 Å². The number of rotatable bonds is 3. The minimum absolute atomic E-state index is 0.0276. The predicted molar refractivity (Wildman–Crippen MR) is 50.2 cm³/mol. The first-order chi connectivity index (χ1) is 6.19. The van der Waals surface area contributed by atoms with E-state index in [0.29, 0.717) is 12.0 Å². The Labute approximate surface area is 77.6 Å². The van der Waals surface area contributed by atoms with E-state index < -0.39 is 0 Å². The van der Waals surface area contributed by atoms with Crippen molar-refractivity contribution in [2.75, 3.05) is 13.7 Å². The summed E-state index contributed by atoms with van der Waals surface area (Å²) in [6.45, 7) is 1.89. The Morgan fingerprint density at radius 3 is 2.62 bits per heavy atom. The van der Waals surface area contributed by atoms with Crippen LogP contribution < -0.4 is 4.74 Å². The van der Waals surface area contributed by atoms with Crippen molar-refractivity contribution >= 4 is 0 Å². The van der Waals surface area contributed by atoms with Gasteiger partial charge in [0, 0.05) is 6.61 Å². The molecule has 0 saturated carbocycles. The molecule has 72 valence electrons. The van der Waals surface area contributed by atoms with Crippen LogP contribution >= 0.6 is 0 Å². The van der Waals surface area contributed by atoms with Gasteiger partial charge in [0.1, 0.15) is 11.5 Å². The molecule has 0 fully saturated rings. The Bertz CT molecular complexity index is 294. The van der Waals surface area contributed by atoms with Crippen molar-refractivity contribution in [3.8, 4) is 11.5 Å². The largest absolute Gasteiger partial charge is 0.508 e. The van der Waals surface area contributed by atoms with Crippen LogP contribution in [0, 0.1) is 6.92 Å². The molecule has 3 nitrogen and oxygen atoms in total. The Hall–Kier alpha value is -1.22. The number of aromatic hydroxyl groups is 1. The van der Waals surface area contributed by atoms with Crippen molar-refractivity contribution < 1.29 is 14.9 Å². The number of phenolic OH excluding ortho intramolecular Hbond substituents is 1. The van der Waals surface area contributed by atoms with Gasteiger partial charge in [-0.2, -0.15) is 0 Å². The molecule has 0 radical (unpaired) electrons. The number of ether oxygens (including phenoxy) is 1. The van der Waals surface area contributed by atoms with Crippen LogP contribution in [0.15, 0.2) is 12.1 Å². The van der Waals surface area contributed by atoms with Crippen LogP contribution in [0.5, 0.6) is 11.5 Å². The van der Waals surface area contributed by atoms with E-state index in [9.17, 15) is 5.11 Å². The fraction of sp³-hybridized carbons (Fsp3) is 0.400. The molecular formula is C10H14O3. The number of hydrogen-bond donors (Lipinski definition) is 2. The van der Waals surface area contributed by atoms with E-state index >= 15 is 0 Å². The number of hydrogen-bond acceptors (Lipinski definition) is 3. The maximum atomic E-state index is 9.48. The lowest BCUT2D eigenvalue weighted by Crippen LogP contribution is -1.94. The van der Waals surface area contributed by atoms with Gasteiger partial charge in [-0.25, -0.2) is 0 Å². The summed E-state index contributed by atoms with van der Waals surface area (Å²) >= 11 is 0. The second-order valence-electron chi connectivity index (χ2n) is 2.92. The minimum Gasteiger partial charge on any atom is -0.508 e. The fourth-order valence-corrected chi connectivity index (χ4v) is 1.26. The standard InChI is InChI=1S/C10H14O3/c1-7-5-9(12)8(3-4-11)6-10(7)13-2/h5-6,11-12H,3-4H2,1-2H3. The van der Waals surface area contributed by atoms with Gasteiger partial charge in [-0.15, -0.1) is 0 Å². The van der Waals surface area contributed by atoms with Crippen molar-refractivity contribution in [3.63, 3.8) is 0 Å². The first-order valence-corrected chi connectivity index (χ1v) is 4.16. The summed E-state index contributed by atoms with van der Waals surface area (Å²) in [5.74, 6) is 0.952. The van der Waals surface area contributed by atoms with Crippen LogP contribution in [0.4, 0.5) is 0 Å². The lowest BCUT2D eigenvalue weighted by Gasteiger charge is -2.08. The number of phenols is 1. The first kappa shape index (κ1) is 9.86. The van der Waals surface area contributed by atoms with Crippen LogP contribution in [0.1, 0.15) is 11.1 Å². The third-order valence-corrected chi connectivity index (χ3v) is 1.98. The average Bonchev–Trinajstić information content (AvgIpc) is 2.10. The van der Waals surface area contributed by atoms with E-state index in [1.165, 1.54) is 0 Å². The number of methoxy groups -OCH3 is 1. The van der Waals surface area contributed by atoms with E-state index in [4.69, 9.17) is 9.84 Å². The zero-order chi connectivity index (χ0) is 9.84. The summed E-state index contributed by atoms with van der Waals surface area (Å²) < 4.78 is 5.09. The van der Waals surface area contributed by atoms with Gasteiger partial charge < -0.3 is 14.9 Å². The Balaban J connectivity index is 3.06. The summed E-state index contributed by atoms with van der Waals surface area (Å²) in [6, 6.07) is 3.39. The predicted octanol–water partition coefficient (Wildman–Crippen LogP) is 1.24. The third kappa shape index (κ3) is 2.12. The van der Waals surface area contributed by atoms with Crippen molar-refractivity contribution in [2.45, 2.75) is 13.3 Å². The molecule has 0 saturated heterocycles. The molecule has 0 unspecified atom stereocenters. The van der Waals surface area contributed by atoms with Gasteiger partial charge in [0.15, 0.2) is 0 Å². The quantitative estimate of drug-likeness (QED) is 0.739. The molecule has 0 spiro atoms. The molecular weight excluding hydrogens is 168 g/mol. The van der Waals surface area contributed by atoms with Crippen LogP contribution in [-0.4, -0.2) is 23.9 Å². The molecule has 0 amide bonds. The lowest BCUT2D eigenvalue weighted by molar-refractivity contribution is 0.297. The molecule has 0 aliphatic carbocycles. The average molecular weight is 182 g/mol. The topological polar surface area (TPSA) is 49.7 Å². The fourth-order valence-electron chi connectivity index (χ4n) is 1.26. The summed E-state index contributed by atoms with van der Waals surface area (Å²) in [4.78, 5) is 0. The van der Waals surface area contributed by atoms with E-state index in [2.05, 4.69) is 0 Å². The zero-order valence-corrected chi connectivity index (χ0v) is 7.87. The highest BCUT2D eigenvalue weighted by Crippen LogP contribution is 2.27. The summed E-state index contributed by atoms with van der Waals surface area (Å²) in [5, 5.41) is 18.2. The maximum Gasteiger partial charge on any atom is 0.122 e. The van der Waals surface area contributed by atoms with Crippen LogP contribution in [0.25, 0.3) is 0 Å². The highest BCUT2D eigenvalue weighted by Gasteiger charge is 2.05. The molecule has 1 rings (SSSR count). The number of aliphatic hydroxyl groups excluding tert-OH is 1. The van der Waals surface area contributed by atoms with Gasteiger partial charge in [-0.05, 0) is 36.6 Å². The molecule has 13 heavy (non-hydrogen) atoms. The van der Waals surface area contributed by atoms with E-state index in [-0.39, 0.29) is 12.4 Å². The molecule has 1 aromatic carbocycles. The molecule has 3 heteroatoms. The molecule has 1 aromatic rings. The van der Waals surface area contributed by atoms with E-state index in [1.54, 1.807) is 19.2 Å². The molecule has 0 aromatic heterocycles. The molecule has 0 heterocycles. The van der Waals surface area contributed by atoms with E-state index in [0.717, 1.165) is 11.3 Å². The smallest absolute Gasteiger partial charge is 0.122 e. The summed E-state index contributed by atoms with van der Waals surface area (Å²) in [5.41, 5.74) is 1.60. The zero-order valence-electron chi connectivity index (χ0n) is 7.87. The first-order valence-electron chi connectivity index (χ1n) is 4.16. The van der Waals surface area contributed by atoms with Crippen LogP contribution in [0.2, 0.25) is 0 Å². The Morgan fingerprint density at radius 2 is 2.08 bits per heavy atom. The van der Waals surface area contributed by atoms with Crippen molar-refractivity contribution in [3.05, 3.63) is 23.3 Å². The molecule has 0 bridgehead atoms. The summed E-state index contributed by atoms with van der Waals surface area (Å²) in [7, 11) is 1.59. The Kier molecular flexibility index (Phi) is 3.14. The normalized spacial score (nSPS) is 10.1. The van der Waals surface area contributed by atoms with Crippen LogP contribution in [-0.2, 0) is 6.42 Å². The van der Waals surface area contributed by atoms with Gasteiger partial charge in [0.25, 0.3) is 0 Å². The second kappa shape index (κ2) is 4.14. The number of benzene rings is 1. The summed E-state index contributed by atoms with van der Waals surface area (Å²) in [6.07, 6.45) is 0.447. The van der Waals surface area contributed by atoms with Gasteiger partial charge >= 0.3 is 0 Å².